The number of benzene rings is 2. The Kier molecular flexibility index (Phi) is 8.75. The van der Waals surface area contributed by atoms with Gasteiger partial charge in [-0.1, -0.05) is 0 Å². The van der Waals surface area contributed by atoms with E-state index < -0.39 is 33.8 Å². The number of Topliss-reactive ketones (excluding diaryl/α,β-unsaturated/α-hetero) is 1. The predicted molar refractivity (Wildman–Crippen MR) is 144 cm³/mol. The maximum atomic E-state index is 12.8. The van der Waals surface area contributed by atoms with E-state index in [1.165, 1.54) is 48.6 Å². The average Bonchev–Trinajstić information content (AvgIpc) is 3.42. The molecule has 2 aliphatic rings. The van der Waals surface area contributed by atoms with Gasteiger partial charge in [0.25, 0.3) is 17.7 Å². The second kappa shape index (κ2) is 12.0. The quantitative estimate of drug-likeness (QED) is 0.136. The predicted octanol–water partition coefficient (Wildman–Crippen LogP) is -0.138. The lowest BCUT2D eigenvalue weighted by molar-refractivity contribution is -0.659. The summed E-state index contributed by atoms with van der Waals surface area (Å²) >= 11 is 0. The fourth-order valence-electron chi connectivity index (χ4n) is 4.75. The molecule has 2 aromatic rings. The maximum absolute atomic E-state index is 12.8. The normalized spacial score (nSPS) is 17.9. The molecule has 0 spiro atoms. The van der Waals surface area contributed by atoms with E-state index >= 15 is 0 Å². The lowest BCUT2D eigenvalue weighted by atomic mass is 10.1. The second-order valence-electron chi connectivity index (χ2n) is 9.73. The van der Waals surface area contributed by atoms with Gasteiger partial charge in [0.2, 0.25) is 16.1 Å². The SMILES string of the molecule is CC(=O)C([NH2+]CNc1ccc2c(c1)C(=O)NC2=O)C(=O)Nc1ccc(S(=O)(=O)NCCC2CCCN2C)cc1. The van der Waals surface area contributed by atoms with Crippen molar-refractivity contribution in [2.45, 2.75) is 43.2 Å². The minimum Gasteiger partial charge on any atom is -0.339 e. The summed E-state index contributed by atoms with van der Waals surface area (Å²) in [4.78, 5) is 50.8. The van der Waals surface area contributed by atoms with Crippen LogP contribution in [0.1, 0.15) is 46.9 Å². The number of ketones is 1. The zero-order valence-corrected chi connectivity index (χ0v) is 22.6. The third-order valence-corrected chi connectivity index (χ3v) is 8.47. The fraction of sp³-hybridized carbons (Fsp3) is 0.385. The number of quaternary nitrogens is 1. The van der Waals surface area contributed by atoms with E-state index in [-0.39, 0.29) is 22.9 Å². The molecular weight excluding hydrogens is 524 g/mol. The number of amides is 3. The molecule has 0 bridgehead atoms. The third-order valence-electron chi connectivity index (χ3n) is 6.99. The van der Waals surface area contributed by atoms with E-state index in [1.807, 2.05) is 7.05 Å². The van der Waals surface area contributed by atoms with E-state index in [4.69, 9.17) is 0 Å². The molecule has 0 aromatic heterocycles. The van der Waals surface area contributed by atoms with Crippen LogP contribution in [0.3, 0.4) is 0 Å². The van der Waals surface area contributed by atoms with E-state index in [1.54, 1.807) is 6.07 Å². The molecule has 4 rings (SSSR count). The number of hydrogen-bond acceptors (Lipinski definition) is 8. The highest BCUT2D eigenvalue weighted by Crippen LogP contribution is 2.20. The largest absolute Gasteiger partial charge is 0.339 e. The number of carbonyl (C=O) groups excluding carboxylic acids is 4. The Balaban J connectivity index is 1.28. The smallest absolute Gasteiger partial charge is 0.290 e. The molecule has 0 saturated carbocycles. The molecule has 6 N–H and O–H groups in total. The van der Waals surface area contributed by atoms with Gasteiger partial charge in [0.05, 0.1) is 16.0 Å². The van der Waals surface area contributed by atoms with Crippen LogP contribution in [-0.4, -0.2) is 75.7 Å². The van der Waals surface area contributed by atoms with E-state index in [9.17, 15) is 27.6 Å². The van der Waals surface area contributed by atoms with Gasteiger partial charge < -0.3 is 20.9 Å². The van der Waals surface area contributed by atoms with Crippen LogP contribution in [0, 0.1) is 0 Å². The van der Waals surface area contributed by atoms with Crippen LogP contribution in [0.5, 0.6) is 0 Å². The molecule has 0 aliphatic carbocycles. The van der Waals surface area contributed by atoms with E-state index in [2.05, 4.69) is 25.6 Å². The number of hydrogen-bond donors (Lipinski definition) is 5. The molecule has 2 heterocycles. The van der Waals surface area contributed by atoms with Crippen molar-refractivity contribution in [3.05, 3.63) is 53.6 Å². The molecule has 0 radical (unpaired) electrons. The molecule has 1 fully saturated rings. The summed E-state index contributed by atoms with van der Waals surface area (Å²) in [7, 11) is -1.64. The van der Waals surface area contributed by atoms with Crippen molar-refractivity contribution in [3.63, 3.8) is 0 Å². The summed E-state index contributed by atoms with van der Waals surface area (Å²) in [5, 5.41) is 9.39. The number of nitrogens with one attached hydrogen (secondary N) is 4. The number of carbonyl (C=O) groups is 4. The van der Waals surface area contributed by atoms with Gasteiger partial charge in [0, 0.05) is 30.9 Å². The van der Waals surface area contributed by atoms with Gasteiger partial charge in [0.15, 0.2) is 5.78 Å². The van der Waals surface area contributed by atoms with Gasteiger partial charge in [-0.05, 0) is 75.3 Å². The number of imide groups is 1. The number of likely N-dealkylation sites (tertiary alicyclic amines) is 1. The first kappa shape index (κ1) is 28.4. The van der Waals surface area contributed by atoms with Gasteiger partial charge in [-0.2, -0.15) is 0 Å². The van der Waals surface area contributed by atoms with Crippen LogP contribution >= 0.6 is 0 Å². The Morgan fingerprint density at radius 1 is 1.08 bits per heavy atom. The van der Waals surface area contributed by atoms with Crippen molar-refractivity contribution < 1.29 is 32.9 Å². The Bertz CT molecular complexity index is 1380. The molecule has 2 aromatic carbocycles. The van der Waals surface area contributed by atoms with Crippen LogP contribution in [0.25, 0.3) is 0 Å². The summed E-state index contributed by atoms with van der Waals surface area (Å²) in [6.07, 6.45) is 2.93. The average molecular weight is 558 g/mol. The molecular formula is C26H33N6O6S+. The van der Waals surface area contributed by atoms with Crippen LogP contribution in [0.15, 0.2) is 47.4 Å². The standard InChI is InChI=1S/C26H32N6O6S/c1-16(33)23(28-15-27-18-7-10-21-22(14-18)25(35)31-24(21)34)26(36)30-17-5-8-20(9-6-17)39(37,38)29-12-11-19-4-3-13-32(19)2/h5-10,14,19,23,27-29H,3-4,11-13,15H2,1-2H3,(H,30,36)(H,31,34,35)/p+1. The van der Waals surface area contributed by atoms with Gasteiger partial charge in [-0.3, -0.25) is 24.5 Å². The molecule has 3 amide bonds. The maximum Gasteiger partial charge on any atom is 0.290 e. The van der Waals surface area contributed by atoms with Crippen molar-refractivity contribution in [1.29, 1.82) is 0 Å². The fourth-order valence-corrected chi connectivity index (χ4v) is 5.80. The molecule has 39 heavy (non-hydrogen) atoms. The first-order valence-corrected chi connectivity index (χ1v) is 14.2. The lowest BCUT2D eigenvalue weighted by Gasteiger charge is -2.19. The summed E-state index contributed by atoms with van der Waals surface area (Å²) in [5.74, 6) is -1.85. The number of nitrogens with two attached hydrogens (primary N) is 1. The second-order valence-corrected chi connectivity index (χ2v) is 11.5. The van der Waals surface area contributed by atoms with Crippen LogP contribution < -0.4 is 26.0 Å². The van der Waals surface area contributed by atoms with Crippen LogP contribution in [0.4, 0.5) is 11.4 Å². The highest BCUT2D eigenvalue weighted by molar-refractivity contribution is 7.89. The van der Waals surface area contributed by atoms with E-state index in [0.717, 1.165) is 25.8 Å². The number of fused-ring (bicyclic) bond motifs is 1. The zero-order valence-electron chi connectivity index (χ0n) is 21.8. The first-order valence-electron chi connectivity index (χ1n) is 12.7. The number of nitrogens with zero attached hydrogens (tertiary/aromatic N) is 1. The van der Waals surface area contributed by atoms with Gasteiger partial charge in [0.1, 0.15) is 6.67 Å². The summed E-state index contributed by atoms with van der Waals surface area (Å²) in [6, 6.07) is 9.77. The van der Waals surface area contributed by atoms with Crippen molar-refractivity contribution in [1.82, 2.24) is 14.9 Å². The van der Waals surface area contributed by atoms with Gasteiger partial charge in [-0.15, -0.1) is 0 Å². The van der Waals surface area contributed by atoms with Crippen molar-refractivity contribution in [2.75, 3.05) is 37.4 Å². The Morgan fingerprint density at radius 3 is 2.44 bits per heavy atom. The molecule has 2 aliphatic heterocycles. The molecule has 1 saturated heterocycles. The minimum atomic E-state index is -3.69. The highest BCUT2D eigenvalue weighted by Gasteiger charge is 2.28. The monoisotopic (exact) mass is 557 g/mol. The van der Waals surface area contributed by atoms with E-state index in [0.29, 0.717) is 29.5 Å². The lowest BCUT2D eigenvalue weighted by Crippen LogP contribution is -2.95. The van der Waals surface area contributed by atoms with Crippen molar-refractivity contribution in [2.24, 2.45) is 0 Å². The summed E-state index contributed by atoms with van der Waals surface area (Å²) < 4.78 is 27.9. The summed E-state index contributed by atoms with van der Waals surface area (Å²) in [5.41, 5.74) is 1.46. The Morgan fingerprint density at radius 2 is 1.77 bits per heavy atom. The zero-order chi connectivity index (χ0) is 28.2. The Labute approximate surface area is 227 Å². The number of sulfonamides is 1. The highest BCUT2D eigenvalue weighted by atomic mass is 32.2. The first-order chi connectivity index (χ1) is 18.5. The van der Waals surface area contributed by atoms with Gasteiger partial charge >= 0.3 is 0 Å². The van der Waals surface area contributed by atoms with Gasteiger partial charge in [-0.25, -0.2) is 13.1 Å². The number of anilines is 2. The number of rotatable bonds is 12. The molecule has 2 atom stereocenters. The molecule has 13 heteroatoms. The minimum absolute atomic E-state index is 0.0869. The van der Waals surface area contributed by atoms with Crippen LogP contribution in [0.2, 0.25) is 0 Å². The van der Waals surface area contributed by atoms with Crippen molar-refractivity contribution in [3.8, 4) is 0 Å². The molecule has 208 valence electrons. The van der Waals surface area contributed by atoms with Crippen LogP contribution in [-0.2, 0) is 19.6 Å². The molecule has 12 nitrogen and oxygen atoms in total. The van der Waals surface area contributed by atoms with Crippen molar-refractivity contribution >= 4 is 44.9 Å². The Hall–Kier alpha value is -3.65. The third kappa shape index (κ3) is 6.87. The topological polar surface area (TPSA) is 170 Å². The summed E-state index contributed by atoms with van der Waals surface area (Å²) in [6.45, 7) is 2.82. The molecule has 2 unspecified atom stereocenters.